The van der Waals surface area contributed by atoms with Crippen LogP contribution in [0.1, 0.15) is 11.1 Å². The summed E-state index contributed by atoms with van der Waals surface area (Å²) in [6, 6.07) is 17.0. The normalized spacial score (nSPS) is 11.4. The van der Waals surface area contributed by atoms with Crippen LogP contribution in [0, 0.1) is 0 Å². The molecule has 1 N–H and O–H groups in total. The van der Waals surface area contributed by atoms with Gasteiger partial charge in [-0.15, -0.1) is 12.4 Å². The zero-order valence-corrected chi connectivity index (χ0v) is 14.2. The molecule has 0 saturated heterocycles. The molecular weight excluding hydrogens is 298 g/mol. The second-order valence-corrected chi connectivity index (χ2v) is 5.07. The first-order valence-corrected chi connectivity index (χ1v) is 7.19. The van der Waals surface area contributed by atoms with E-state index in [2.05, 4.69) is 35.6 Å². The lowest BCUT2D eigenvalue weighted by atomic mass is 9.99. The van der Waals surface area contributed by atoms with E-state index >= 15 is 0 Å². The van der Waals surface area contributed by atoms with Crippen LogP contribution in [-0.2, 0) is 12.8 Å². The molecular formula is C18H24ClNO2. The highest BCUT2D eigenvalue weighted by Gasteiger charge is 2.11. The number of ether oxygens (including phenoxy) is 2. The second-order valence-electron chi connectivity index (χ2n) is 5.07. The fraction of sp³-hybridized carbons (Fsp3) is 0.333. The zero-order valence-electron chi connectivity index (χ0n) is 13.3. The highest BCUT2D eigenvalue weighted by atomic mass is 35.5. The standard InChI is InChI=1S/C18H23NO2.ClH/c1-19-16(11-14-7-5-4-6-8-14)12-15-9-10-17(20-2)18(13-15)21-3;/h4-10,13,16,19H,11-12H2,1-3H3;1H. The van der Waals surface area contributed by atoms with Gasteiger partial charge in [-0.2, -0.15) is 0 Å². The summed E-state index contributed by atoms with van der Waals surface area (Å²) in [7, 11) is 5.33. The molecule has 0 saturated carbocycles. The molecule has 0 aromatic heterocycles. The Morgan fingerprint density at radius 3 is 2.09 bits per heavy atom. The van der Waals surface area contributed by atoms with E-state index in [9.17, 15) is 0 Å². The number of hydrogen-bond acceptors (Lipinski definition) is 3. The van der Waals surface area contributed by atoms with Crippen molar-refractivity contribution >= 4 is 12.4 Å². The number of hydrogen-bond donors (Lipinski definition) is 1. The van der Waals surface area contributed by atoms with E-state index in [1.807, 2.05) is 25.2 Å². The number of methoxy groups -OCH3 is 2. The molecule has 22 heavy (non-hydrogen) atoms. The molecule has 0 fully saturated rings. The molecule has 0 aliphatic carbocycles. The van der Waals surface area contributed by atoms with E-state index in [1.54, 1.807) is 14.2 Å². The van der Waals surface area contributed by atoms with Crippen molar-refractivity contribution in [1.82, 2.24) is 5.32 Å². The summed E-state index contributed by atoms with van der Waals surface area (Å²) in [5.74, 6) is 1.55. The van der Waals surface area contributed by atoms with Gasteiger partial charge in [0.15, 0.2) is 11.5 Å². The quantitative estimate of drug-likeness (QED) is 0.846. The maximum Gasteiger partial charge on any atom is 0.160 e. The van der Waals surface area contributed by atoms with Crippen LogP contribution in [0.25, 0.3) is 0 Å². The van der Waals surface area contributed by atoms with Crippen LogP contribution >= 0.6 is 12.4 Å². The van der Waals surface area contributed by atoms with Crippen molar-refractivity contribution in [2.75, 3.05) is 21.3 Å². The lowest BCUT2D eigenvalue weighted by Gasteiger charge is -2.17. The third-order valence-electron chi connectivity index (χ3n) is 3.66. The molecule has 120 valence electrons. The van der Waals surface area contributed by atoms with Gasteiger partial charge in [0.2, 0.25) is 0 Å². The van der Waals surface area contributed by atoms with Gasteiger partial charge in [0.05, 0.1) is 14.2 Å². The van der Waals surface area contributed by atoms with Crippen LogP contribution in [0.3, 0.4) is 0 Å². The number of rotatable bonds is 7. The minimum Gasteiger partial charge on any atom is -0.493 e. The van der Waals surface area contributed by atoms with Crippen LogP contribution in [0.5, 0.6) is 11.5 Å². The number of likely N-dealkylation sites (N-methyl/N-ethyl adjacent to an activating group) is 1. The molecule has 0 radical (unpaired) electrons. The van der Waals surface area contributed by atoms with Gasteiger partial charge in [-0.05, 0) is 43.1 Å². The average Bonchev–Trinajstić information content (AvgIpc) is 2.55. The van der Waals surface area contributed by atoms with Gasteiger partial charge in [-0.1, -0.05) is 36.4 Å². The van der Waals surface area contributed by atoms with E-state index < -0.39 is 0 Å². The third-order valence-corrected chi connectivity index (χ3v) is 3.66. The summed E-state index contributed by atoms with van der Waals surface area (Å²) in [4.78, 5) is 0. The fourth-order valence-electron chi connectivity index (χ4n) is 2.47. The van der Waals surface area contributed by atoms with Crippen LogP contribution in [0.4, 0.5) is 0 Å². The van der Waals surface area contributed by atoms with E-state index in [-0.39, 0.29) is 12.4 Å². The molecule has 0 amide bonds. The van der Waals surface area contributed by atoms with Gasteiger partial charge in [0.25, 0.3) is 0 Å². The average molecular weight is 322 g/mol. The Morgan fingerprint density at radius 2 is 1.50 bits per heavy atom. The molecule has 2 rings (SSSR count). The Kier molecular flexibility index (Phi) is 7.78. The van der Waals surface area contributed by atoms with Crippen molar-refractivity contribution in [3.8, 4) is 11.5 Å². The fourth-order valence-corrected chi connectivity index (χ4v) is 2.47. The van der Waals surface area contributed by atoms with Crippen LogP contribution < -0.4 is 14.8 Å². The molecule has 0 aliphatic heterocycles. The molecule has 1 atom stereocenters. The summed E-state index contributed by atoms with van der Waals surface area (Å²) in [5.41, 5.74) is 2.58. The van der Waals surface area contributed by atoms with Crippen molar-refractivity contribution in [3.05, 3.63) is 59.7 Å². The van der Waals surface area contributed by atoms with Gasteiger partial charge in [-0.25, -0.2) is 0 Å². The summed E-state index contributed by atoms with van der Waals surface area (Å²) in [5, 5.41) is 3.39. The van der Waals surface area contributed by atoms with Crippen molar-refractivity contribution < 1.29 is 9.47 Å². The maximum atomic E-state index is 5.36. The van der Waals surface area contributed by atoms with Crippen molar-refractivity contribution in [2.45, 2.75) is 18.9 Å². The molecule has 0 heterocycles. The van der Waals surface area contributed by atoms with Crippen molar-refractivity contribution in [1.29, 1.82) is 0 Å². The molecule has 0 spiro atoms. The predicted octanol–water partition coefficient (Wildman–Crippen LogP) is 3.50. The Balaban J connectivity index is 0.00000242. The van der Waals surface area contributed by atoms with Gasteiger partial charge in [0.1, 0.15) is 0 Å². The lowest BCUT2D eigenvalue weighted by molar-refractivity contribution is 0.354. The van der Waals surface area contributed by atoms with Gasteiger partial charge in [-0.3, -0.25) is 0 Å². The van der Waals surface area contributed by atoms with E-state index in [0.717, 1.165) is 24.3 Å². The summed E-state index contributed by atoms with van der Waals surface area (Å²) in [6.07, 6.45) is 1.96. The first-order valence-electron chi connectivity index (χ1n) is 7.19. The zero-order chi connectivity index (χ0) is 15.1. The van der Waals surface area contributed by atoms with Crippen LogP contribution in [0.2, 0.25) is 0 Å². The molecule has 1 unspecified atom stereocenters. The Hall–Kier alpha value is -1.71. The largest absolute Gasteiger partial charge is 0.493 e. The van der Waals surface area contributed by atoms with Crippen LogP contribution in [-0.4, -0.2) is 27.3 Å². The maximum absolute atomic E-state index is 5.36. The first kappa shape index (κ1) is 18.3. The van der Waals surface area contributed by atoms with Crippen molar-refractivity contribution in [2.24, 2.45) is 0 Å². The molecule has 2 aromatic rings. The van der Waals surface area contributed by atoms with Crippen LogP contribution in [0.15, 0.2) is 48.5 Å². The SMILES string of the molecule is CNC(Cc1ccccc1)Cc1ccc(OC)c(OC)c1.Cl. The topological polar surface area (TPSA) is 30.5 Å². The smallest absolute Gasteiger partial charge is 0.160 e. The van der Waals surface area contributed by atoms with E-state index in [4.69, 9.17) is 9.47 Å². The predicted molar refractivity (Wildman–Crippen MR) is 93.5 cm³/mol. The second kappa shape index (κ2) is 9.34. The van der Waals surface area contributed by atoms with E-state index in [1.165, 1.54) is 11.1 Å². The van der Waals surface area contributed by atoms with Gasteiger partial charge < -0.3 is 14.8 Å². The monoisotopic (exact) mass is 321 g/mol. The molecule has 2 aromatic carbocycles. The molecule has 3 nitrogen and oxygen atoms in total. The number of halogens is 1. The Labute approximate surface area is 139 Å². The van der Waals surface area contributed by atoms with Gasteiger partial charge >= 0.3 is 0 Å². The number of benzene rings is 2. The highest BCUT2D eigenvalue weighted by molar-refractivity contribution is 5.85. The molecule has 4 heteroatoms. The Bertz CT molecular complexity index is 560. The van der Waals surface area contributed by atoms with E-state index in [0.29, 0.717) is 6.04 Å². The highest BCUT2D eigenvalue weighted by Crippen LogP contribution is 2.28. The molecule has 0 bridgehead atoms. The summed E-state index contributed by atoms with van der Waals surface area (Å²) < 4.78 is 10.6. The molecule has 0 aliphatic rings. The third kappa shape index (κ3) is 4.93. The summed E-state index contributed by atoms with van der Waals surface area (Å²) >= 11 is 0. The summed E-state index contributed by atoms with van der Waals surface area (Å²) in [6.45, 7) is 0. The lowest BCUT2D eigenvalue weighted by Crippen LogP contribution is -2.29. The Morgan fingerprint density at radius 1 is 0.864 bits per heavy atom. The minimum absolute atomic E-state index is 0. The first-order chi connectivity index (χ1) is 10.3. The van der Waals surface area contributed by atoms with Crippen molar-refractivity contribution in [3.63, 3.8) is 0 Å². The van der Waals surface area contributed by atoms with Gasteiger partial charge in [0, 0.05) is 6.04 Å². The minimum atomic E-state index is 0. The number of nitrogens with one attached hydrogen (secondary N) is 1.